The first kappa shape index (κ1) is 10.0. The first-order valence-electron chi connectivity index (χ1n) is 4.13. The van der Waals surface area contributed by atoms with Crippen LogP contribution >= 0.6 is 22.6 Å². The van der Waals surface area contributed by atoms with Crippen LogP contribution in [0.5, 0.6) is 0 Å². The van der Waals surface area contributed by atoms with E-state index in [1.54, 1.807) is 6.21 Å². The second-order valence-electron chi connectivity index (χ2n) is 2.66. The van der Waals surface area contributed by atoms with E-state index in [2.05, 4.69) is 53.7 Å². The van der Waals surface area contributed by atoms with E-state index in [9.17, 15) is 0 Å². The van der Waals surface area contributed by atoms with Crippen molar-refractivity contribution in [1.82, 2.24) is 20.6 Å². The summed E-state index contributed by atoms with van der Waals surface area (Å²) in [6.45, 7) is 0. The number of nitrogens with one attached hydrogen (secondary N) is 2. The van der Waals surface area contributed by atoms with E-state index in [4.69, 9.17) is 0 Å². The molecule has 0 unspecified atom stereocenters. The van der Waals surface area contributed by atoms with Gasteiger partial charge in [0.05, 0.1) is 6.21 Å². The molecule has 15 heavy (non-hydrogen) atoms. The minimum Gasteiger partial charge on any atom is -0.243 e. The summed E-state index contributed by atoms with van der Waals surface area (Å²) in [5.74, 6) is 0.344. The smallest absolute Gasteiger partial charge is 0.243 e. The minimum atomic E-state index is 0.344. The van der Waals surface area contributed by atoms with Crippen LogP contribution in [-0.4, -0.2) is 26.8 Å². The van der Waals surface area contributed by atoms with Crippen molar-refractivity contribution in [3.8, 4) is 0 Å². The Bertz CT molecular complexity index is 452. The predicted octanol–water partition coefficient (Wildman–Crippen LogP) is 1.25. The number of hydrogen-bond donors (Lipinski definition) is 2. The van der Waals surface area contributed by atoms with Crippen LogP contribution in [0.15, 0.2) is 29.4 Å². The quantitative estimate of drug-likeness (QED) is 0.508. The summed E-state index contributed by atoms with van der Waals surface area (Å²) in [4.78, 5) is 0. The lowest BCUT2D eigenvalue weighted by molar-refractivity contribution is 0.881. The standard InChI is InChI=1S/C8H7IN6/c9-7-3-1-2-6(4-7)5-10-11-8-12-14-15-13-8/h1-5H,(H2,11,12,13,14,15)/b10-5+. The summed E-state index contributed by atoms with van der Waals surface area (Å²) < 4.78 is 1.16. The number of anilines is 1. The first-order chi connectivity index (χ1) is 7.34. The zero-order valence-electron chi connectivity index (χ0n) is 7.55. The van der Waals surface area contributed by atoms with Gasteiger partial charge in [-0.25, -0.2) is 5.43 Å². The molecule has 0 radical (unpaired) electrons. The maximum absolute atomic E-state index is 3.96. The third-order valence-electron chi connectivity index (χ3n) is 1.57. The van der Waals surface area contributed by atoms with Crippen LogP contribution in [0, 0.1) is 3.57 Å². The SMILES string of the molecule is Ic1cccc(/C=N/Nc2nn[nH]n2)c1. The number of rotatable bonds is 3. The van der Waals surface area contributed by atoms with E-state index in [1.165, 1.54) is 0 Å². The highest BCUT2D eigenvalue weighted by Gasteiger charge is 1.92. The largest absolute Gasteiger partial charge is 0.283 e. The van der Waals surface area contributed by atoms with Crippen molar-refractivity contribution in [2.24, 2.45) is 5.10 Å². The van der Waals surface area contributed by atoms with Gasteiger partial charge in [-0.1, -0.05) is 17.2 Å². The molecule has 0 atom stereocenters. The molecular weight excluding hydrogens is 307 g/mol. The van der Waals surface area contributed by atoms with Crippen molar-refractivity contribution in [3.63, 3.8) is 0 Å². The van der Waals surface area contributed by atoms with Crippen molar-refractivity contribution in [2.75, 3.05) is 5.43 Å². The van der Waals surface area contributed by atoms with E-state index in [-0.39, 0.29) is 0 Å². The molecule has 7 heteroatoms. The van der Waals surface area contributed by atoms with Crippen LogP contribution in [0.4, 0.5) is 5.95 Å². The monoisotopic (exact) mass is 314 g/mol. The molecule has 0 spiro atoms. The third kappa shape index (κ3) is 2.98. The van der Waals surface area contributed by atoms with E-state index < -0.39 is 0 Å². The fourth-order valence-electron chi connectivity index (χ4n) is 0.961. The van der Waals surface area contributed by atoms with Crippen LogP contribution in [-0.2, 0) is 0 Å². The number of halogens is 1. The second kappa shape index (κ2) is 4.82. The number of tetrazole rings is 1. The summed E-state index contributed by atoms with van der Waals surface area (Å²) in [5.41, 5.74) is 3.66. The van der Waals surface area contributed by atoms with E-state index in [0.29, 0.717) is 5.95 Å². The Labute approximate surface area is 99.3 Å². The number of hydrogen-bond acceptors (Lipinski definition) is 5. The molecule has 2 aromatic rings. The van der Waals surface area contributed by atoms with Crippen molar-refractivity contribution in [3.05, 3.63) is 33.4 Å². The van der Waals surface area contributed by atoms with Gasteiger partial charge in [0.1, 0.15) is 0 Å². The average molecular weight is 314 g/mol. The summed E-state index contributed by atoms with van der Waals surface area (Å²) in [7, 11) is 0. The van der Waals surface area contributed by atoms with Gasteiger partial charge in [0, 0.05) is 3.57 Å². The van der Waals surface area contributed by atoms with Gasteiger partial charge in [0.15, 0.2) is 0 Å². The van der Waals surface area contributed by atoms with Gasteiger partial charge >= 0.3 is 0 Å². The molecule has 6 nitrogen and oxygen atoms in total. The normalized spacial score (nSPS) is 10.7. The molecule has 0 aliphatic heterocycles. The van der Waals surface area contributed by atoms with Gasteiger partial charge in [-0.05, 0) is 45.5 Å². The number of aromatic amines is 1. The lowest BCUT2D eigenvalue weighted by atomic mass is 10.2. The molecule has 0 saturated heterocycles. The van der Waals surface area contributed by atoms with Gasteiger partial charge in [-0.2, -0.15) is 10.3 Å². The zero-order chi connectivity index (χ0) is 10.5. The second-order valence-corrected chi connectivity index (χ2v) is 3.91. The molecule has 1 aromatic carbocycles. The Hall–Kier alpha value is -1.51. The number of H-pyrrole nitrogens is 1. The highest BCUT2D eigenvalue weighted by atomic mass is 127. The number of hydrazone groups is 1. The maximum Gasteiger partial charge on any atom is 0.283 e. The number of aromatic nitrogens is 4. The molecule has 2 rings (SSSR count). The minimum absolute atomic E-state index is 0.344. The maximum atomic E-state index is 3.96. The number of benzene rings is 1. The lowest BCUT2D eigenvalue weighted by Crippen LogP contribution is -1.92. The van der Waals surface area contributed by atoms with Gasteiger partial charge in [-0.3, -0.25) is 0 Å². The molecule has 0 amide bonds. The van der Waals surface area contributed by atoms with Crippen molar-refractivity contribution in [2.45, 2.75) is 0 Å². The van der Waals surface area contributed by atoms with E-state index >= 15 is 0 Å². The summed E-state index contributed by atoms with van der Waals surface area (Å²) in [6.07, 6.45) is 1.69. The Morgan fingerprint density at radius 1 is 1.47 bits per heavy atom. The zero-order valence-corrected chi connectivity index (χ0v) is 9.71. The highest BCUT2D eigenvalue weighted by Crippen LogP contribution is 2.05. The molecular formula is C8H7IN6. The fraction of sp³-hybridized carbons (Fsp3) is 0. The summed E-state index contributed by atoms with van der Waals surface area (Å²) in [5, 5.41) is 17.1. The van der Waals surface area contributed by atoms with Gasteiger partial charge in [0.2, 0.25) is 0 Å². The van der Waals surface area contributed by atoms with Crippen molar-refractivity contribution in [1.29, 1.82) is 0 Å². The van der Waals surface area contributed by atoms with Gasteiger partial charge in [-0.15, -0.1) is 5.10 Å². The van der Waals surface area contributed by atoms with Crippen LogP contribution < -0.4 is 5.43 Å². The lowest BCUT2D eigenvalue weighted by Gasteiger charge is -1.93. The Morgan fingerprint density at radius 3 is 3.13 bits per heavy atom. The molecule has 0 bridgehead atoms. The van der Waals surface area contributed by atoms with E-state index in [1.807, 2.05) is 24.3 Å². The van der Waals surface area contributed by atoms with Crippen LogP contribution in [0.25, 0.3) is 0 Å². The van der Waals surface area contributed by atoms with Gasteiger partial charge in [0.25, 0.3) is 5.95 Å². The predicted molar refractivity (Wildman–Crippen MR) is 64.6 cm³/mol. The Balaban J connectivity index is 2.00. The van der Waals surface area contributed by atoms with Crippen LogP contribution in [0.2, 0.25) is 0 Å². The molecule has 0 saturated carbocycles. The fourth-order valence-corrected chi connectivity index (χ4v) is 1.53. The molecule has 1 heterocycles. The summed E-state index contributed by atoms with van der Waals surface area (Å²) >= 11 is 2.25. The topological polar surface area (TPSA) is 78.9 Å². The molecule has 0 aliphatic carbocycles. The molecule has 76 valence electrons. The van der Waals surface area contributed by atoms with Crippen LogP contribution in [0.1, 0.15) is 5.56 Å². The number of nitrogens with zero attached hydrogens (tertiary/aromatic N) is 4. The first-order valence-corrected chi connectivity index (χ1v) is 5.20. The Kier molecular flexibility index (Phi) is 3.22. The van der Waals surface area contributed by atoms with Crippen molar-refractivity contribution < 1.29 is 0 Å². The van der Waals surface area contributed by atoms with E-state index in [0.717, 1.165) is 9.13 Å². The molecule has 2 N–H and O–H groups in total. The molecule has 1 aromatic heterocycles. The average Bonchev–Trinajstić information content (AvgIpc) is 2.71. The highest BCUT2D eigenvalue weighted by molar-refractivity contribution is 14.1. The third-order valence-corrected chi connectivity index (χ3v) is 2.24. The molecule has 0 aliphatic rings. The van der Waals surface area contributed by atoms with Crippen molar-refractivity contribution >= 4 is 34.8 Å². The Morgan fingerprint density at radius 2 is 2.40 bits per heavy atom. The van der Waals surface area contributed by atoms with Crippen LogP contribution in [0.3, 0.4) is 0 Å². The molecule has 0 fully saturated rings. The van der Waals surface area contributed by atoms with Gasteiger partial charge < -0.3 is 0 Å². The summed E-state index contributed by atoms with van der Waals surface area (Å²) in [6, 6.07) is 7.97.